The summed E-state index contributed by atoms with van der Waals surface area (Å²) in [6, 6.07) is 5.85. The van der Waals surface area contributed by atoms with E-state index < -0.39 is 0 Å². The van der Waals surface area contributed by atoms with Crippen molar-refractivity contribution in [3.05, 3.63) is 23.8 Å². The standard InChI is InChI=1S/C17H26N2O3.ClH/c1-18-10-9-17(20)19-12-13-7-8-15(16(11-13)21-2)22-14-5-3-4-6-14;/h7-8,11,14,18H,3-6,9-10,12H2,1-2H3,(H,19,20);1H. The maximum Gasteiger partial charge on any atom is 0.221 e. The highest BCUT2D eigenvalue weighted by Crippen LogP contribution is 2.32. The molecule has 1 aliphatic carbocycles. The molecule has 130 valence electrons. The molecule has 1 saturated carbocycles. The summed E-state index contributed by atoms with van der Waals surface area (Å²) in [4.78, 5) is 11.6. The average Bonchev–Trinajstić information content (AvgIpc) is 3.04. The molecule has 0 atom stereocenters. The molecule has 0 bridgehead atoms. The fourth-order valence-electron chi connectivity index (χ4n) is 2.63. The van der Waals surface area contributed by atoms with Crippen LogP contribution in [0.1, 0.15) is 37.7 Å². The zero-order chi connectivity index (χ0) is 15.8. The Kier molecular flexibility index (Phi) is 8.81. The van der Waals surface area contributed by atoms with Gasteiger partial charge in [0.1, 0.15) is 0 Å². The maximum atomic E-state index is 11.6. The van der Waals surface area contributed by atoms with Gasteiger partial charge >= 0.3 is 0 Å². The van der Waals surface area contributed by atoms with Gasteiger partial charge in [0.15, 0.2) is 11.5 Å². The van der Waals surface area contributed by atoms with Gasteiger partial charge in [0, 0.05) is 19.5 Å². The van der Waals surface area contributed by atoms with Gasteiger partial charge in [-0.1, -0.05) is 6.07 Å². The van der Waals surface area contributed by atoms with E-state index >= 15 is 0 Å². The van der Waals surface area contributed by atoms with Crippen molar-refractivity contribution in [1.29, 1.82) is 0 Å². The molecule has 5 nitrogen and oxygen atoms in total. The second-order valence-electron chi connectivity index (χ2n) is 5.64. The van der Waals surface area contributed by atoms with Crippen molar-refractivity contribution in [3.8, 4) is 11.5 Å². The summed E-state index contributed by atoms with van der Waals surface area (Å²) in [5, 5.41) is 5.86. The van der Waals surface area contributed by atoms with Crippen LogP contribution in [0.4, 0.5) is 0 Å². The van der Waals surface area contributed by atoms with Crippen LogP contribution in [0.25, 0.3) is 0 Å². The van der Waals surface area contributed by atoms with Crippen molar-refractivity contribution >= 4 is 18.3 Å². The van der Waals surface area contributed by atoms with Crippen molar-refractivity contribution < 1.29 is 14.3 Å². The molecule has 0 radical (unpaired) electrons. The Hall–Kier alpha value is -1.46. The summed E-state index contributed by atoms with van der Waals surface area (Å²) in [6.07, 6.45) is 5.50. The lowest BCUT2D eigenvalue weighted by Gasteiger charge is -2.16. The van der Waals surface area contributed by atoms with Crippen LogP contribution in [0.5, 0.6) is 11.5 Å². The van der Waals surface area contributed by atoms with Crippen molar-refractivity contribution in [2.75, 3.05) is 20.7 Å². The van der Waals surface area contributed by atoms with Gasteiger partial charge in [0.05, 0.1) is 13.2 Å². The second-order valence-corrected chi connectivity index (χ2v) is 5.64. The lowest BCUT2D eigenvalue weighted by atomic mass is 10.2. The fraction of sp³-hybridized carbons (Fsp3) is 0.588. The summed E-state index contributed by atoms with van der Waals surface area (Å²) in [7, 11) is 3.48. The van der Waals surface area contributed by atoms with Gasteiger partial charge in [-0.2, -0.15) is 0 Å². The predicted octanol–water partition coefficient (Wildman–Crippen LogP) is 2.66. The van der Waals surface area contributed by atoms with E-state index in [-0.39, 0.29) is 18.3 Å². The normalized spacial score (nSPS) is 14.2. The zero-order valence-corrected chi connectivity index (χ0v) is 14.7. The highest BCUT2D eigenvalue weighted by molar-refractivity contribution is 5.85. The van der Waals surface area contributed by atoms with Crippen LogP contribution in [0, 0.1) is 0 Å². The van der Waals surface area contributed by atoms with E-state index in [4.69, 9.17) is 9.47 Å². The Morgan fingerprint density at radius 3 is 2.65 bits per heavy atom. The summed E-state index contributed by atoms with van der Waals surface area (Å²) in [5.41, 5.74) is 1.01. The van der Waals surface area contributed by atoms with Gasteiger partial charge in [-0.15, -0.1) is 12.4 Å². The number of carbonyl (C=O) groups is 1. The van der Waals surface area contributed by atoms with Gasteiger partial charge in [-0.25, -0.2) is 0 Å². The second kappa shape index (κ2) is 10.3. The number of benzene rings is 1. The van der Waals surface area contributed by atoms with Crippen LogP contribution in [0.15, 0.2) is 18.2 Å². The van der Waals surface area contributed by atoms with Crippen LogP contribution < -0.4 is 20.1 Å². The number of nitrogens with one attached hydrogen (secondary N) is 2. The lowest BCUT2D eigenvalue weighted by Crippen LogP contribution is -2.26. The largest absolute Gasteiger partial charge is 0.493 e. The molecule has 2 N–H and O–H groups in total. The molecule has 6 heteroatoms. The fourth-order valence-corrected chi connectivity index (χ4v) is 2.63. The molecule has 1 fully saturated rings. The number of methoxy groups -OCH3 is 1. The molecule has 1 aliphatic rings. The molecule has 23 heavy (non-hydrogen) atoms. The first-order valence-corrected chi connectivity index (χ1v) is 7.98. The number of hydrogen-bond donors (Lipinski definition) is 2. The number of carbonyl (C=O) groups excluding carboxylic acids is 1. The number of halogens is 1. The molecule has 0 aliphatic heterocycles. The van der Waals surface area contributed by atoms with Gasteiger partial charge in [0.25, 0.3) is 0 Å². The highest BCUT2D eigenvalue weighted by atomic mass is 35.5. The summed E-state index contributed by atoms with van der Waals surface area (Å²) in [6.45, 7) is 1.19. The third kappa shape index (κ3) is 6.28. The van der Waals surface area contributed by atoms with Crippen molar-refractivity contribution in [2.24, 2.45) is 0 Å². The smallest absolute Gasteiger partial charge is 0.221 e. The van der Waals surface area contributed by atoms with Crippen molar-refractivity contribution in [1.82, 2.24) is 10.6 Å². The highest BCUT2D eigenvalue weighted by Gasteiger charge is 2.18. The molecular formula is C17H27ClN2O3. The third-order valence-corrected chi connectivity index (χ3v) is 3.92. The molecule has 1 aromatic rings. The van der Waals surface area contributed by atoms with Gasteiger partial charge < -0.3 is 20.1 Å². The molecule has 0 spiro atoms. The maximum absolute atomic E-state index is 11.6. The van der Waals surface area contributed by atoms with Crippen molar-refractivity contribution in [3.63, 3.8) is 0 Å². The van der Waals surface area contributed by atoms with E-state index in [1.54, 1.807) is 7.11 Å². The Balaban J connectivity index is 0.00000264. The number of hydrogen-bond acceptors (Lipinski definition) is 4. The van der Waals surface area contributed by atoms with Gasteiger partial charge in [-0.05, 0) is 50.4 Å². The first-order chi connectivity index (χ1) is 10.7. The van der Waals surface area contributed by atoms with Crippen LogP contribution in [-0.2, 0) is 11.3 Å². The van der Waals surface area contributed by atoms with E-state index in [1.165, 1.54) is 12.8 Å². The summed E-state index contributed by atoms with van der Waals surface area (Å²) in [5.74, 6) is 1.56. The molecule has 0 unspecified atom stereocenters. The molecule has 0 saturated heterocycles. The Bertz CT molecular complexity index is 491. The third-order valence-electron chi connectivity index (χ3n) is 3.92. The predicted molar refractivity (Wildman–Crippen MR) is 93.5 cm³/mol. The topological polar surface area (TPSA) is 59.6 Å². The molecule has 0 heterocycles. The average molecular weight is 343 g/mol. The SMILES string of the molecule is CNCCC(=O)NCc1ccc(OC2CCCC2)c(OC)c1.Cl. The monoisotopic (exact) mass is 342 g/mol. The van der Waals surface area contributed by atoms with Gasteiger partial charge in [-0.3, -0.25) is 4.79 Å². The zero-order valence-electron chi connectivity index (χ0n) is 13.9. The van der Waals surface area contributed by atoms with Crippen LogP contribution in [0.2, 0.25) is 0 Å². The first-order valence-electron chi connectivity index (χ1n) is 7.98. The van der Waals surface area contributed by atoms with E-state index in [0.29, 0.717) is 25.6 Å². The minimum Gasteiger partial charge on any atom is -0.493 e. The van der Waals surface area contributed by atoms with E-state index in [1.807, 2.05) is 25.2 Å². The van der Waals surface area contributed by atoms with Crippen molar-refractivity contribution in [2.45, 2.75) is 44.8 Å². The van der Waals surface area contributed by atoms with Gasteiger partial charge in [0.2, 0.25) is 5.91 Å². The summed E-state index contributed by atoms with van der Waals surface area (Å²) >= 11 is 0. The first kappa shape index (κ1) is 19.6. The van der Waals surface area contributed by atoms with Crippen LogP contribution >= 0.6 is 12.4 Å². The van der Waals surface area contributed by atoms with E-state index in [9.17, 15) is 4.79 Å². The quantitative estimate of drug-likeness (QED) is 0.762. The van der Waals surface area contributed by atoms with Crippen LogP contribution in [-0.4, -0.2) is 32.7 Å². The Labute approximate surface area is 144 Å². The minimum atomic E-state index is 0. The molecule has 1 aromatic carbocycles. The van der Waals surface area contributed by atoms with E-state index in [2.05, 4.69) is 10.6 Å². The molecule has 2 rings (SSSR count). The molecule has 0 aromatic heterocycles. The molecule has 1 amide bonds. The number of ether oxygens (including phenoxy) is 2. The lowest BCUT2D eigenvalue weighted by molar-refractivity contribution is -0.121. The number of amides is 1. The minimum absolute atomic E-state index is 0. The summed E-state index contributed by atoms with van der Waals surface area (Å²) < 4.78 is 11.4. The Morgan fingerprint density at radius 1 is 1.26 bits per heavy atom. The van der Waals surface area contributed by atoms with E-state index in [0.717, 1.165) is 29.9 Å². The Morgan fingerprint density at radius 2 is 2.00 bits per heavy atom. The van der Waals surface area contributed by atoms with Crippen LogP contribution in [0.3, 0.4) is 0 Å². The number of rotatable bonds is 8. The molecular weight excluding hydrogens is 316 g/mol.